The van der Waals surface area contributed by atoms with Crippen LogP contribution in [0.4, 0.5) is 4.79 Å². The van der Waals surface area contributed by atoms with Crippen molar-refractivity contribution in [3.8, 4) is 0 Å². The Hall–Kier alpha value is -1.08. The summed E-state index contributed by atoms with van der Waals surface area (Å²) in [5.41, 5.74) is 0. The first-order valence-electron chi connectivity index (χ1n) is 7.14. The maximum atomic E-state index is 11.8. The number of carbonyl (C=O) groups is 2. The van der Waals surface area contributed by atoms with E-state index in [1.54, 1.807) is 23.9 Å². The molecule has 25 heavy (non-hydrogen) atoms. The number of aliphatic carboxylic acids is 1. The van der Waals surface area contributed by atoms with Gasteiger partial charge >= 0.3 is 0 Å². The van der Waals surface area contributed by atoms with Gasteiger partial charge in [0, 0.05) is 24.6 Å². The van der Waals surface area contributed by atoms with E-state index in [0.717, 1.165) is 34.0 Å². The first-order valence-corrected chi connectivity index (χ1v) is 10.9. The minimum Gasteiger partial charge on any atom is -0.748 e. The van der Waals surface area contributed by atoms with Crippen molar-refractivity contribution in [3.63, 3.8) is 0 Å². The van der Waals surface area contributed by atoms with Gasteiger partial charge in [-0.3, -0.25) is 9.69 Å². The van der Waals surface area contributed by atoms with Crippen molar-refractivity contribution < 1.29 is 27.7 Å². The summed E-state index contributed by atoms with van der Waals surface area (Å²) in [5.74, 6) is -0.969. The van der Waals surface area contributed by atoms with Gasteiger partial charge in [0.1, 0.15) is 4.99 Å². The average molecular weight is 423 g/mol. The normalized spacial score (nSPS) is 21.8. The zero-order valence-electron chi connectivity index (χ0n) is 12.9. The van der Waals surface area contributed by atoms with Crippen molar-refractivity contribution in [2.45, 2.75) is 6.42 Å². The number of carboxylic acids is 1. The van der Waals surface area contributed by atoms with Crippen LogP contribution < -0.4 is 5.11 Å². The average Bonchev–Trinajstić information content (AvgIpc) is 3.03. The minimum absolute atomic E-state index is 0.142. The Kier molecular flexibility index (Phi) is 6.91. The zero-order chi connectivity index (χ0) is 18.6. The maximum Gasteiger partial charge on any atom is 0.292 e. The minimum atomic E-state index is -4.22. The summed E-state index contributed by atoms with van der Waals surface area (Å²) in [6.45, 7) is 0.589. The topological polar surface area (TPSA) is 121 Å². The lowest BCUT2D eigenvalue weighted by Gasteiger charge is -2.19. The van der Waals surface area contributed by atoms with Crippen LogP contribution in [0.15, 0.2) is 22.1 Å². The van der Waals surface area contributed by atoms with Gasteiger partial charge in [-0.05, 0) is 30.3 Å². The monoisotopic (exact) mass is 422 g/mol. The Labute approximate surface area is 159 Å². The molecule has 0 atom stereocenters. The summed E-state index contributed by atoms with van der Waals surface area (Å²) in [5, 5.41) is 11.1. The molecule has 2 aliphatic rings. The van der Waals surface area contributed by atoms with Crippen molar-refractivity contribution in [2.24, 2.45) is 0 Å². The van der Waals surface area contributed by atoms with E-state index in [9.17, 15) is 27.7 Å². The summed E-state index contributed by atoms with van der Waals surface area (Å²) < 4.78 is 32.0. The molecule has 2 heterocycles. The Morgan fingerprint density at radius 2 is 2.08 bits per heavy atom. The highest BCUT2D eigenvalue weighted by Crippen LogP contribution is 2.33. The highest BCUT2D eigenvalue weighted by Gasteiger charge is 2.31. The van der Waals surface area contributed by atoms with Gasteiger partial charge in [-0.25, -0.2) is 8.42 Å². The van der Waals surface area contributed by atoms with E-state index in [0.29, 0.717) is 11.4 Å². The maximum absolute atomic E-state index is 11.8. The van der Waals surface area contributed by atoms with Crippen molar-refractivity contribution in [1.82, 2.24) is 9.80 Å². The smallest absolute Gasteiger partial charge is 0.292 e. The lowest BCUT2D eigenvalue weighted by Crippen LogP contribution is -2.39. The van der Waals surface area contributed by atoms with E-state index in [-0.39, 0.29) is 11.4 Å². The van der Waals surface area contributed by atoms with Gasteiger partial charge in [-0.2, -0.15) is 0 Å². The van der Waals surface area contributed by atoms with E-state index >= 15 is 0 Å². The van der Waals surface area contributed by atoms with Crippen LogP contribution in [0.5, 0.6) is 0 Å². The van der Waals surface area contributed by atoms with Crippen LogP contribution in [0.2, 0.25) is 0 Å². The molecule has 2 saturated heterocycles. The van der Waals surface area contributed by atoms with Gasteiger partial charge in [0.2, 0.25) is 0 Å². The molecule has 2 aliphatic heterocycles. The van der Waals surface area contributed by atoms with Crippen LogP contribution in [0.1, 0.15) is 6.42 Å². The molecule has 1 amide bonds. The molecule has 2 rings (SSSR count). The quantitative estimate of drug-likeness (QED) is 0.313. The summed E-state index contributed by atoms with van der Waals surface area (Å²) in [4.78, 5) is 26.0. The first kappa shape index (κ1) is 20.2. The van der Waals surface area contributed by atoms with Gasteiger partial charge in [-0.1, -0.05) is 12.2 Å². The molecule has 138 valence electrons. The number of rotatable bonds is 7. The molecular weight excluding hydrogens is 408 g/mol. The number of nitrogens with zero attached hydrogens (tertiary/aromatic N) is 2. The van der Waals surface area contributed by atoms with Crippen LogP contribution in [-0.4, -0.2) is 70.1 Å². The molecule has 0 radical (unpaired) electrons. The fraction of sp³-hybridized carbons (Fsp3) is 0.462. The first-order chi connectivity index (χ1) is 11.7. The largest absolute Gasteiger partial charge is 0.748 e. The van der Waals surface area contributed by atoms with Gasteiger partial charge in [0.25, 0.3) is 5.24 Å². The van der Waals surface area contributed by atoms with Crippen LogP contribution in [0.25, 0.3) is 0 Å². The van der Waals surface area contributed by atoms with Gasteiger partial charge < -0.3 is 19.4 Å². The molecule has 0 saturated carbocycles. The molecule has 0 bridgehead atoms. The molecule has 8 nitrogen and oxygen atoms in total. The lowest BCUT2D eigenvalue weighted by atomic mass is 10.4. The van der Waals surface area contributed by atoms with Crippen molar-refractivity contribution in [2.75, 3.05) is 31.1 Å². The van der Waals surface area contributed by atoms with Crippen molar-refractivity contribution in [1.29, 1.82) is 0 Å². The van der Waals surface area contributed by atoms with Crippen LogP contribution in [0, 0.1) is 0 Å². The number of hydrogen-bond donors (Lipinski definition) is 0. The second-order valence-corrected chi connectivity index (χ2v) is 9.14. The van der Waals surface area contributed by atoms with Crippen molar-refractivity contribution in [3.05, 3.63) is 22.1 Å². The second kappa shape index (κ2) is 8.54. The summed E-state index contributed by atoms with van der Waals surface area (Å²) >= 11 is 7.53. The molecule has 0 aromatic carbocycles. The third-order valence-corrected chi connectivity index (χ3v) is 6.66. The molecule has 2 fully saturated rings. The SMILES string of the molecule is O=C([O-])CN1C(=O)S/C(=C\C=C2\SCCN2CCCS(=O)(=O)[O-])C1=S. The highest BCUT2D eigenvalue weighted by molar-refractivity contribution is 8.19. The zero-order valence-corrected chi connectivity index (χ0v) is 16.1. The van der Waals surface area contributed by atoms with Crippen molar-refractivity contribution >= 4 is 62.1 Å². The number of hydrogen-bond acceptors (Lipinski definition) is 10. The molecular formula is C13H14N2O6S4-2. The van der Waals surface area contributed by atoms with E-state index < -0.39 is 33.6 Å². The Balaban J connectivity index is 2.01. The van der Waals surface area contributed by atoms with E-state index in [1.807, 2.05) is 4.90 Å². The fourth-order valence-electron chi connectivity index (χ4n) is 2.20. The molecule has 0 aromatic rings. The van der Waals surface area contributed by atoms with E-state index in [1.165, 1.54) is 0 Å². The van der Waals surface area contributed by atoms with Crippen LogP contribution in [-0.2, 0) is 14.9 Å². The molecule has 0 aromatic heterocycles. The number of thioether (sulfide) groups is 2. The standard InChI is InChI=1S/C13H16N2O6S4/c16-11(17)8-15-12(22)9(24-13(15)18)2-3-10-14(5-6-23-10)4-1-7-25(19,20)21/h2-3H,1,4-8H2,(H,16,17)(H,19,20,21)/p-2/b9-2-,10-3+. The Morgan fingerprint density at radius 3 is 2.72 bits per heavy atom. The van der Waals surface area contributed by atoms with Gasteiger partial charge in [-0.15, -0.1) is 11.8 Å². The second-order valence-electron chi connectivity index (χ2n) is 5.12. The predicted molar refractivity (Wildman–Crippen MR) is 96.7 cm³/mol. The van der Waals surface area contributed by atoms with Crippen LogP contribution >= 0.6 is 35.7 Å². The fourth-order valence-corrected chi connectivity index (χ4v) is 4.91. The number of carbonyl (C=O) groups excluding carboxylic acids is 2. The summed E-state index contributed by atoms with van der Waals surface area (Å²) in [6, 6.07) is 0. The lowest BCUT2D eigenvalue weighted by molar-refractivity contribution is -0.305. The van der Waals surface area contributed by atoms with E-state index in [4.69, 9.17) is 12.2 Å². The molecule has 12 heteroatoms. The molecule has 0 aliphatic carbocycles. The van der Waals surface area contributed by atoms with Gasteiger partial charge in [0.15, 0.2) is 0 Å². The number of amides is 1. The van der Waals surface area contributed by atoms with Crippen LogP contribution in [0.3, 0.4) is 0 Å². The highest BCUT2D eigenvalue weighted by atomic mass is 32.2. The van der Waals surface area contributed by atoms with Gasteiger partial charge in [0.05, 0.1) is 32.6 Å². The molecule has 0 spiro atoms. The Morgan fingerprint density at radius 1 is 1.36 bits per heavy atom. The number of carboxylic acid groups (broad SMARTS) is 1. The number of thiocarbonyl (C=S) groups is 1. The van der Waals surface area contributed by atoms with E-state index in [2.05, 4.69) is 0 Å². The third kappa shape index (κ3) is 5.99. The molecule has 0 unspecified atom stereocenters. The molecule has 0 N–H and O–H groups in total. The Bertz CT molecular complexity index is 746. The number of allylic oxidation sites excluding steroid dienone is 2. The summed E-state index contributed by atoms with van der Waals surface area (Å²) in [7, 11) is -4.22. The third-order valence-electron chi connectivity index (χ3n) is 3.28. The summed E-state index contributed by atoms with van der Waals surface area (Å²) in [6.07, 6.45) is 3.64. The predicted octanol–water partition coefficient (Wildman–Crippen LogP) is -0.0581.